The minimum Gasteiger partial charge on any atom is -0.493 e. The van der Waals surface area contributed by atoms with Gasteiger partial charge in [-0.2, -0.15) is 52.7 Å². The number of carboxylic acids is 2. The lowest BCUT2D eigenvalue weighted by molar-refractivity contribution is -0.145. The van der Waals surface area contributed by atoms with Crippen LogP contribution in [0, 0.1) is 35.5 Å². The van der Waals surface area contributed by atoms with Crippen LogP contribution in [0.2, 0.25) is 0 Å². The van der Waals surface area contributed by atoms with E-state index in [1.54, 1.807) is 53.1 Å². The Morgan fingerprint density at radius 1 is 0.595 bits per heavy atom. The third-order valence-corrected chi connectivity index (χ3v) is 15.2. The van der Waals surface area contributed by atoms with E-state index in [1.165, 1.54) is 13.0 Å². The zero-order valence-electron chi connectivity index (χ0n) is 40.4. The minimum atomic E-state index is -5.16. The Hall–Kier alpha value is -5.50. The van der Waals surface area contributed by atoms with Gasteiger partial charge in [-0.3, -0.25) is 19.4 Å². The number of hydrogen-bond donors (Lipinski definition) is 2. The van der Waals surface area contributed by atoms with Gasteiger partial charge >= 0.3 is 36.6 Å². The maximum Gasteiger partial charge on any atom is 0.416 e. The van der Waals surface area contributed by atoms with Crippen LogP contribution in [0.5, 0.6) is 11.5 Å². The fraction of sp³-hybridized carbons (Fsp3) is 0.519. The Kier molecular flexibility index (Phi) is 15.7. The van der Waals surface area contributed by atoms with E-state index in [0.717, 1.165) is 18.4 Å². The van der Waals surface area contributed by atoms with Crippen molar-refractivity contribution in [1.82, 2.24) is 9.80 Å². The van der Waals surface area contributed by atoms with Crippen LogP contribution in [0.15, 0.2) is 78.9 Å². The molecule has 0 amide bonds. The van der Waals surface area contributed by atoms with Gasteiger partial charge in [0.15, 0.2) is 0 Å². The molecule has 0 aromatic heterocycles. The number of hydrogen-bond acceptors (Lipinski definition) is 6. The van der Waals surface area contributed by atoms with E-state index < -0.39 is 112 Å². The standard InChI is InChI=1S/C54H56F12N2O6/c1-29(49(69)70)47(33-9-10-33)35-5-3-7-40(18-35)74-28-32-24-68(25-32)30(2)42-22-45(53(61,62)63)37(21-46(42)54(64,65)66)20-43(50(71)72)48(34-11-12-34)36-6-4-8-41(19-36)73-27-31-15-16-67(23-31)26-38-17-39(51(55,56)57)13-14-44(38)52(58,59)60/h3-8,13-14,17-19,21-22,29-34,43,47-48H,9-12,15-16,20,23-28H2,1-2H3,(H,69,70)(H,71,72). The van der Waals surface area contributed by atoms with Gasteiger partial charge in [0, 0.05) is 50.0 Å². The number of likely N-dealkylation sites (tertiary alicyclic amines) is 2. The van der Waals surface area contributed by atoms with Gasteiger partial charge in [0.2, 0.25) is 0 Å². The van der Waals surface area contributed by atoms with Crippen LogP contribution >= 0.6 is 0 Å². The van der Waals surface area contributed by atoms with Crippen LogP contribution in [0.4, 0.5) is 52.7 Å². The molecule has 2 aliphatic heterocycles. The van der Waals surface area contributed by atoms with Gasteiger partial charge in [0.05, 0.1) is 47.3 Å². The topological polar surface area (TPSA) is 99.5 Å². The van der Waals surface area contributed by atoms with Crippen LogP contribution in [0.1, 0.15) is 114 Å². The fourth-order valence-corrected chi connectivity index (χ4v) is 11.0. The van der Waals surface area contributed by atoms with Crippen LogP contribution in [-0.4, -0.2) is 71.3 Å². The smallest absolute Gasteiger partial charge is 0.416 e. The summed E-state index contributed by atoms with van der Waals surface area (Å²) in [7, 11) is 0. The van der Waals surface area contributed by atoms with Crippen LogP contribution < -0.4 is 9.47 Å². The lowest BCUT2D eigenvalue weighted by Gasteiger charge is -2.44. The third kappa shape index (κ3) is 12.9. The summed E-state index contributed by atoms with van der Waals surface area (Å²) in [4.78, 5) is 28.1. The fourth-order valence-electron chi connectivity index (χ4n) is 11.0. The van der Waals surface area contributed by atoms with E-state index in [4.69, 9.17) is 9.47 Å². The van der Waals surface area contributed by atoms with Crippen molar-refractivity contribution in [1.29, 1.82) is 0 Å². The van der Waals surface area contributed by atoms with Crippen molar-refractivity contribution in [2.24, 2.45) is 35.5 Å². The Labute approximate surface area is 419 Å². The molecule has 6 atom stereocenters. The summed E-state index contributed by atoms with van der Waals surface area (Å²) in [6, 6.07) is 14.4. The first-order chi connectivity index (χ1) is 34.6. The monoisotopic (exact) mass is 1060 g/mol. The molecule has 2 N–H and O–H groups in total. The Balaban J connectivity index is 0.945. The Bertz CT molecular complexity index is 2660. The van der Waals surface area contributed by atoms with Gasteiger partial charge in [-0.15, -0.1) is 0 Å². The molecule has 8 rings (SSSR count). The maximum atomic E-state index is 15.0. The SMILES string of the molecule is CC(C(=O)O)C(c1cccc(OCC2CN(C(C)c3cc(C(F)(F)F)c(CC(C(=O)O)C(c4cccc(OCC5CCN(Cc6cc(C(F)(F)F)ccc6C(F)(F)F)C5)c4)C4CC4)cc3C(F)(F)F)C2)c1)C1CC1. The minimum absolute atomic E-state index is 0.0169. The number of aliphatic carboxylic acids is 2. The van der Waals surface area contributed by atoms with Crippen LogP contribution in [0.25, 0.3) is 0 Å². The molecular formula is C54H56F12N2O6. The van der Waals surface area contributed by atoms with E-state index in [-0.39, 0.29) is 74.7 Å². The predicted octanol–water partition coefficient (Wildman–Crippen LogP) is 13.4. The highest BCUT2D eigenvalue weighted by Crippen LogP contribution is 2.51. The first-order valence-corrected chi connectivity index (χ1v) is 24.6. The lowest BCUT2D eigenvalue weighted by Crippen LogP contribution is -2.50. The molecular weight excluding hydrogens is 1000 g/mol. The summed E-state index contributed by atoms with van der Waals surface area (Å²) in [6.07, 6.45) is -17.6. The van der Waals surface area contributed by atoms with Crippen molar-refractivity contribution in [2.45, 2.75) is 102 Å². The van der Waals surface area contributed by atoms with Gasteiger partial charge in [-0.1, -0.05) is 31.2 Å². The van der Waals surface area contributed by atoms with E-state index in [1.807, 2.05) is 6.07 Å². The van der Waals surface area contributed by atoms with Gasteiger partial charge in [-0.05, 0) is 152 Å². The quantitative estimate of drug-likeness (QED) is 0.0845. The van der Waals surface area contributed by atoms with Crippen LogP contribution in [-0.2, 0) is 47.3 Å². The number of alkyl halides is 12. The second kappa shape index (κ2) is 21.3. The summed E-state index contributed by atoms with van der Waals surface area (Å²) < 4.78 is 184. The van der Waals surface area contributed by atoms with Crippen molar-refractivity contribution < 1.29 is 82.0 Å². The zero-order valence-corrected chi connectivity index (χ0v) is 40.4. The molecule has 402 valence electrons. The number of nitrogens with zero attached hydrogens (tertiary/aromatic N) is 2. The highest BCUT2D eigenvalue weighted by atomic mass is 19.4. The molecule has 4 fully saturated rings. The van der Waals surface area contributed by atoms with Gasteiger partial charge in [0.25, 0.3) is 0 Å². The Morgan fingerprint density at radius 3 is 1.68 bits per heavy atom. The van der Waals surface area contributed by atoms with E-state index in [9.17, 15) is 59.3 Å². The summed E-state index contributed by atoms with van der Waals surface area (Å²) in [6.45, 7) is 3.69. The molecule has 2 saturated heterocycles. The molecule has 74 heavy (non-hydrogen) atoms. The molecule has 2 saturated carbocycles. The summed E-state index contributed by atoms with van der Waals surface area (Å²) in [5.74, 6) is -5.54. The third-order valence-electron chi connectivity index (χ3n) is 15.2. The summed E-state index contributed by atoms with van der Waals surface area (Å²) in [5.41, 5.74) is -5.82. The molecule has 8 nitrogen and oxygen atoms in total. The second-order valence-corrected chi connectivity index (χ2v) is 20.6. The first kappa shape index (κ1) is 54.8. The van der Waals surface area contributed by atoms with Gasteiger partial charge in [-0.25, -0.2) is 0 Å². The summed E-state index contributed by atoms with van der Waals surface area (Å²) in [5, 5.41) is 20.3. The lowest BCUT2D eigenvalue weighted by atomic mass is 9.77. The molecule has 0 spiro atoms. The molecule has 20 heteroatoms. The zero-order chi connectivity index (χ0) is 53.7. The van der Waals surface area contributed by atoms with E-state index in [2.05, 4.69) is 0 Å². The first-order valence-electron chi connectivity index (χ1n) is 24.6. The number of ether oxygens (including phenoxy) is 2. The molecule has 0 bridgehead atoms. The molecule has 4 aromatic carbocycles. The summed E-state index contributed by atoms with van der Waals surface area (Å²) >= 11 is 0. The number of halogens is 12. The predicted molar refractivity (Wildman–Crippen MR) is 246 cm³/mol. The number of benzene rings is 4. The van der Waals surface area contributed by atoms with E-state index in [0.29, 0.717) is 60.9 Å². The van der Waals surface area contributed by atoms with Crippen molar-refractivity contribution in [3.8, 4) is 11.5 Å². The number of carboxylic acid groups (broad SMARTS) is 2. The van der Waals surface area contributed by atoms with Gasteiger partial charge in [0.1, 0.15) is 11.5 Å². The molecule has 4 aliphatic rings. The van der Waals surface area contributed by atoms with Crippen molar-refractivity contribution >= 4 is 11.9 Å². The average molecular weight is 1060 g/mol. The molecule has 2 heterocycles. The van der Waals surface area contributed by atoms with Crippen LogP contribution in [0.3, 0.4) is 0 Å². The largest absolute Gasteiger partial charge is 0.493 e. The number of rotatable bonds is 20. The average Bonchev–Trinajstić information content (AvgIpc) is 4.25. The molecule has 4 aromatic rings. The normalized spacial score (nSPS) is 20.4. The second-order valence-electron chi connectivity index (χ2n) is 20.6. The van der Waals surface area contributed by atoms with Crippen molar-refractivity contribution in [2.75, 3.05) is 39.4 Å². The Morgan fingerprint density at radius 2 is 1.15 bits per heavy atom. The molecule has 6 unspecified atom stereocenters. The van der Waals surface area contributed by atoms with Crippen molar-refractivity contribution in [3.05, 3.63) is 129 Å². The maximum absolute atomic E-state index is 15.0. The van der Waals surface area contributed by atoms with E-state index >= 15 is 13.2 Å². The molecule has 2 aliphatic carbocycles. The van der Waals surface area contributed by atoms with Crippen molar-refractivity contribution in [3.63, 3.8) is 0 Å². The highest BCUT2D eigenvalue weighted by molar-refractivity contribution is 5.72. The molecule has 0 radical (unpaired) electrons. The van der Waals surface area contributed by atoms with Gasteiger partial charge < -0.3 is 19.7 Å². The highest BCUT2D eigenvalue weighted by Gasteiger charge is 2.47. The number of carbonyl (C=O) groups is 2.